The Morgan fingerprint density at radius 1 is 1.28 bits per heavy atom. The van der Waals surface area contributed by atoms with E-state index in [1.54, 1.807) is 16.2 Å². The van der Waals surface area contributed by atoms with Crippen LogP contribution in [-0.4, -0.2) is 28.6 Å². The number of thiophene rings is 1. The lowest BCUT2D eigenvalue weighted by Crippen LogP contribution is -2.20. The minimum absolute atomic E-state index is 0.0351. The molecule has 1 N–H and O–H groups in total. The maximum absolute atomic E-state index is 12.2. The second kappa shape index (κ2) is 5.89. The standard InChI is InChI=1S/C19H16N2O2S2/c1-10-14-7-11(3-5-13(14)19(23)21(10)2)17-6-4-12(25-17)8-15-16(22)9-18(24)20-15/h3-8,10H,9H2,1-2H3,(H,20,24)/b15-8+. The van der Waals surface area contributed by atoms with Crippen LogP contribution in [0.2, 0.25) is 0 Å². The highest BCUT2D eigenvalue weighted by molar-refractivity contribution is 7.80. The van der Waals surface area contributed by atoms with Gasteiger partial charge in [-0.25, -0.2) is 0 Å². The summed E-state index contributed by atoms with van der Waals surface area (Å²) >= 11 is 6.66. The number of allylic oxidation sites excluding steroid dienone is 1. The Kier molecular flexibility index (Phi) is 3.81. The van der Waals surface area contributed by atoms with E-state index in [-0.39, 0.29) is 17.7 Å². The lowest BCUT2D eigenvalue weighted by atomic mass is 10.0. The summed E-state index contributed by atoms with van der Waals surface area (Å²) in [7, 11) is 1.83. The van der Waals surface area contributed by atoms with Crippen molar-refractivity contribution in [2.24, 2.45) is 0 Å². The van der Waals surface area contributed by atoms with Crippen molar-refractivity contribution in [2.75, 3.05) is 7.05 Å². The summed E-state index contributed by atoms with van der Waals surface area (Å²) in [6.07, 6.45) is 2.15. The van der Waals surface area contributed by atoms with Crippen LogP contribution >= 0.6 is 23.6 Å². The number of thiocarbonyl (C=S) groups is 1. The normalized spacial score (nSPS) is 21.2. The molecule has 1 amide bonds. The average molecular weight is 368 g/mol. The molecule has 1 fully saturated rings. The van der Waals surface area contributed by atoms with Gasteiger partial charge in [0.05, 0.1) is 23.1 Å². The molecule has 4 rings (SSSR count). The van der Waals surface area contributed by atoms with Crippen molar-refractivity contribution in [3.05, 3.63) is 52.0 Å². The molecule has 25 heavy (non-hydrogen) atoms. The van der Waals surface area contributed by atoms with Gasteiger partial charge in [-0.05, 0) is 48.4 Å². The number of nitrogens with one attached hydrogen (secondary N) is 1. The second-order valence-corrected chi connectivity index (χ2v) is 7.91. The molecule has 4 nitrogen and oxygen atoms in total. The van der Waals surface area contributed by atoms with Crippen LogP contribution in [0.4, 0.5) is 0 Å². The maximum atomic E-state index is 12.2. The zero-order chi connectivity index (χ0) is 17.7. The van der Waals surface area contributed by atoms with Gasteiger partial charge in [-0.3, -0.25) is 9.59 Å². The first kappa shape index (κ1) is 16.2. The number of carbonyl (C=O) groups is 2. The molecule has 2 aliphatic rings. The van der Waals surface area contributed by atoms with Crippen molar-refractivity contribution >= 4 is 46.3 Å². The van der Waals surface area contributed by atoms with E-state index < -0.39 is 0 Å². The third-order valence-electron chi connectivity index (χ3n) is 4.73. The highest BCUT2D eigenvalue weighted by atomic mass is 32.1. The van der Waals surface area contributed by atoms with Crippen LogP contribution in [0.1, 0.15) is 40.2 Å². The highest BCUT2D eigenvalue weighted by Gasteiger charge is 2.31. The summed E-state index contributed by atoms with van der Waals surface area (Å²) in [5.74, 6) is 0.111. The van der Waals surface area contributed by atoms with E-state index in [9.17, 15) is 9.59 Å². The van der Waals surface area contributed by atoms with Gasteiger partial charge in [0.1, 0.15) is 0 Å². The van der Waals surface area contributed by atoms with Crippen LogP contribution in [0, 0.1) is 0 Å². The summed E-state index contributed by atoms with van der Waals surface area (Å²) < 4.78 is 0. The van der Waals surface area contributed by atoms with Gasteiger partial charge in [0, 0.05) is 22.4 Å². The van der Waals surface area contributed by atoms with Gasteiger partial charge >= 0.3 is 0 Å². The molecule has 0 radical (unpaired) electrons. The minimum Gasteiger partial charge on any atom is -0.347 e. The van der Waals surface area contributed by atoms with Gasteiger partial charge in [-0.2, -0.15) is 0 Å². The van der Waals surface area contributed by atoms with Gasteiger partial charge in [-0.1, -0.05) is 18.3 Å². The van der Waals surface area contributed by atoms with Crippen LogP contribution in [0.5, 0.6) is 0 Å². The summed E-state index contributed by atoms with van der Waals surface area (Å²) in [6, 6.07) is 10.1. The Morgan fingerprint density at radius 3 is 2.80 bits per heavy atom. The number of Topliss-reactive ketones (excluding diaryl/α,β-unsaturated/α-hetero) is 1. The molecule has 1 unspecified atom stereocenters. The molecule has 1 aromatic carbocycles. The van der Waals surface area contributed by atoms with Crippen molar-refractivity contribution in [1.29, 1.82) is 0 Å². The zero-order valence-corrected chi connectivity index (χ0v) is 15.5. The quantitative estimate of drug-likeness (QED) is 0.647. The SMILES string of the molecule is CC1c2cc(-c3ccc(/C=C4/NC(=S)CC4=O)s3)ccc2C(=O)N1C. The summed E-state index contributed by atoms with van der Waals surface area (Å²) in [6.45, 7) is 2.04. The number of nitrogens with zero attached hydrogens (tertiary/aromatic N) is 1. The lowest BCUT2D eigenvalue weighted by Gasteiger charge is -2.15. The van der Waals surface area contributed by atoms with E-state index in [4.69, 9.17) is 12.2 Å². The fraction of sp³-hybridized carbons (Fsp3) is 0.211. The Balaban J connectivity index is 1.66. The number of hydrogen-bond acceptors (Lipinski definition) is 4. The molecule has 6 heteroatoms. The number of amides is 1. The molecule has 1 saturated heterocycles. The molecule has 1 aromatic heterocycles. The van der Waals surface area contributed by atoms with Crippen molar-refractivity contribution in [3.8, 4) is 10.4 Å². The van der Waals surface area contributed by atoms with Crippen LogP contribution in [0.15, 0.2) is 36.0 Å². The van der Waals surface area contributed by atoms with Crippen molar-refractivity contribution in [3.63, 3.8) is 0 Å². The molecule has 1 atom stereocenters. The first-order valence-electron chi connectivity index (χ1n) is 8.00. The van der Waals surface area contributed by atoms with Gasteiger partial charge in [0.15, 0.2) is 5.78 Å². The first-order valence-corrected chi connectivity index (χ1v) is 9.22. The number of benzene rings is 1. The Morgan fingerprint density at radius 2 is 2.08 bits per heavy atom. The van der Waals surface area contributed by atoms with E-state index in [1.165, 1.54) is 0 Å². The smallest absolute Gasteiger partial charge is 0.254 e. The van der Waals surface area contributed by atoms with Crippen LogP contribution < -0.4 is 5.32 Å². The largest absolute Gasteiger partial charge is 0.347 e. The molecule has 2 aromatic rings. The average Bonchev–Trinajstić information content (AvgIpc) is 3.24. The van der Waals surface area contributed by atoms with Gasteiger partial charge in [-0.15, -0.1) is 11.3 Å². The third kappa shape index (κ3) is 2.71. The second-order valence-electron chi connectivity index (χ2n) is 6.30. The van der Waals surface area contributed by atoms with Crippen molar-refractivity contribution < 1.29 is 9.59 Å². The van der Waals surface area contributed by atoms with Crippen LogP contribution in [0.25, 0.3) is 16.5 Å². The van der Waals surface area contributed by atoms with E-state index >= 15 is 0 Å². The molecular weight excluding hydrogens is 352 g/mol. The number of carbonyl (C=O) groups excluding carboxylic acids is 2. The van der Waals surface area contributed by atoms with E-state index in [1.807, 2.05) is 44.3 Å². The summed E-state index contributed by atoms with van der Waals surface area (Å²) in [5, 5.41) is 2.96. The van der Waals surface area contributed by atoms with E-state index in [2.05, 4.69) is 11.4 Å². The molecule has 0 spiro atoms. The minimum atomic E-state index is 0.0351. The zero-order valence-electron chi connectivity index (χ0n) is 13.8. The Hall–Kier alpha value is -2.31. The Labute approximate surface area is 155 Å². The predicted octanol–water partition coefficient (Wildman–Crippen LogP) is 3.79. The molecule has 0 aliphatic carbocycles. The van der Waals surface area contributed by atoms with Crippen molar-refractivity contribution in [2.45, 2.75) is 19.4 Å². The summed E-state index contributed by atoms with van der Waals surface area (Å²) in [4.78, 5) is 28.5. The molecular formula is C19H16N2O2S2. The fourth-order valence-electron chi connectivity index (χ4n) is 3.18. The monoisotopic (exact) mass is 368 g/mol. The van der Waals surface area contributed by atoms with Crippen molar-refractivity contribution in [1.82, 2.24) is 10.2 Å². The molecule has 126 valence electrons. The van der Waals surface area contributed by atoms with Gasteiger partial charge < -0.3 is 10.2 Å². The number of fused-ring (bicyclic) bond motifs is 1. The topological polar surface area (TPSA) is 49.4 Å². The third-order valence-corrected chi connectivity index (χ3v) is 6.05. The van der Waals surface area contributed by atoms with Gasteiger partial charge in [0.25, 0.3) is 5.91 Å². The van der Waals surface area contributed by atoms with Gasteiger partial charge in [0.2, 0.25) is 0 Å². The molecule has 3 heterocycles. The number of ketones is 1. The van der Waals surface area contributed by atoms with E-state index in [0.29, 0.717) is 17.1 Å². The maximum Gasteiger partial charge on any atom is 0.254 e. The molecule has 0 saturated carbocycles. The molecule has 2 aliphatic heterocycles. The van der Waals surface area contributed by atoms with Crippen LogP contribution in [-0.2, 0) is 4.79 Å². The predicted molar refractivity (Wildman–Crippen MR) is 104 cm³/mol. The van der Waals surface area contributed by atoms with E-state index in [0.717, 1.165) is 26.4 Å². The molecule has 0 bridgehead atoms. The highest BCUT2D eigenvalue weighted by Crippen LogP contribution is 2.37. The number of rotatable bonds is 2. The summed E-state index contributed by atoms with van der Waals surface area (Å²) in [5.41, 5.74) is 3.50. The lowest BCUT2D eigenvalue weighted by molar-refractivity contribution is -0.114. The first-order chi connectivity index (χ1) is 11.9. The number of hydrogen-bond donors (Lipinski definition) is 1. The van der Waals surface area contributed by atoms with Crippen LogP contribution in [0.3, 0.4) is 0 Å². The fourth-order valence-corrected chi connectivity index (χ4v) is 4.37. The Bertz CT molecular complexity index is 958.